The van der Waals surface area contributed by atoms with Crippen molar-refractivity contribution in [3.8, 4) is 6.19 Å². The second-order valence-electron chi connectivity index (χ2n) is 7.28. The molecule has 0 saturated carbocycles. The van der Waals surface area contributed by atoms with Gasteiger partial charge in [-0.2, -0.15) is 5.26 Å². The molecule has 1 N–H and O–H groups in total. The molecule has 0 radical (unpaired) electrons. The number of pyridine rings is 1. The smallest absolute Gasteiger partial charge is 0.225 e. The first-order valence-electron chi connectivity index (χ1n) is 8.82. The van der Waals surface area contributed by atoms with Gasteiger partial charge in [-0.05, 0) is 50.3 Å². The zero-order valence-electron chi connectivity index (χ0n) is 14.0. The van der Waals surface area contributed by atoms with E-state index in [1.165, 1.54) is 5.56 Å². The topological polar surface area (TPSA) is 72.3 Å². The van der Waals surface area contributed by atoms with E-state index < -0.39 is 0 Å². The summed E-state index contributed by atoms with van der Waals surface area (Å²) in [4.78, 5) is 21.2. The number of fused-ring (bicyclic) bond motifs is 2. The fraction of sp³-hybridized carbons (Fsp3) is 0.611. The lowest BCUT2D eigenvalue weighted by Gasteiger charge is -2.24. The van der Waals surface area contributed by atoms with Crippen LogP contribution in [0.1, 0.15) is 31.2 Å². The molecule has 126 valence electrons. The molecule has 1 aromatic heterocycles. The molecule has 0 aliphatic carbocycles. The number of hydrogen-bond acceptors (Lipinski definition) is 5. The Labute approximate surface area is 142 Å². The van der Waals surface area contributed by atoms with Crippen LogP contribution in [0.4, 0.5) is 5.82 Å². The Kier molecular flexibility index (Phi) is 3.79. The number of aromatic nitrogens is 1. The predicted octanol–water partition coefficient (Wildman–Crippen LogP) is 1.42. The van der Waals surface area contributed by atoms with Gasteiger partial charge in [0.25, 0.3) is 0 Å². The molecule has 2 bridgehead atoms. The van der Waals surface area contributed by atoms with E-state index in [0.717, 1.165) is 44.6 Å². The summed E-state index contributed by atoms with van der Waals surface area (Å²) in [5, 5.41) is 12.5. The summed E-state index contributed by atoms with van der Waals surface area (Å²) in [5.41, 5.74) is 1.19. The van der Waals surface area contributed by atoms with Gasteiger partial charge in [-0.15, -0.1) is 0 Å². The van der Waals surface area contributed by atoms with Crippen LogP contribution >= 0.6 is 0 Å². The zero-order valence-corrected chi connectivity index (χ0v) is 14.0. The van der Waals surface area contributed by atoms with Crippen molar-refractivity contribution >= 4 is 11.7 Å². The maximum absolute atomic E-state index is 12.7. The molecule has 0 spiro atoms. The first kappa shape index (κ1) is 15.3. The monoisotopic (exact) mass is 325 g/mol. The molecule has 1 amide bonds. The second-order valence-corrected chi connectivity index (χ2v) is 7.28. The maximum Gasteiger partial charge on any atom is 0.225 e. The number of rotatable bonds is 3. The van der Waals surface area contributed by atoms with Crippen molar-refractivity contribution in [1.29, 1.82) is 5.26 Å². The average Bonchev–Trinajstić information content (AvgIpc) is 3.28. The van der Waals surface area contributed by atoms with Crippen LogP contribution in [-0.2, 0) is 4.79 Å². The Balaban J connectivity index is 1.36. The average molecular weight is 325 g/mol. The predicted molar refractivity (Wildman–Crippen MR) is 90.1 cm³/mol. The van der Waals surface area contributed by atoms with Crippen molar-refractivity contribution in [2.75, 3.05) is 18.0 Å². The van der Waals surface area contributed by atoms with E-state index in [-0.39, 0.29) is 23.9 Å². The van der Waals surface area contributed by atoms with Crippen molar-refractivity contribution in [1.82, 2.24) is 15.2 Å². The van der Waals surface area contributed by atoms with Gasteiger partial charge in [-0.1, -0.05) is 0 Å². The number of aryl methyl sites for hydroxylation is 1. The molecular weight excluding hydrogens is 302 g/mol. The molecule has 4 atom stereocenters. The Morgan fingerprint density at radius 3 is 3.04 bits per heavy atom. The Morgan fingerprint density at radius 1 is 1.42 bits per heavy atom. The van der Waals surface area contributed by atoms with E-state index in [1.54, 1.807) is 0 Å². The van der Waals surface area contributed by atoms with Crippen molar-refractivity contribution < 1.29 is 4.79 Å². The molecule has 6 nitrogen and oxygen atoms in total. The quantitative estimate of drug-likeness (QED) is 0.851. The molecule has 24 heavy (non-hydrogen) atoms. The summed E-state index contributed by atoms with van der Waals surface area (Å²) in [6.07, 6.45) is 8.01. The minimum absolute atomic E-state index is 0.0157. The highest BCUT2D eigenvalue weighted by Crippen LogP contribution is 2.37. The third-order valence-corrected chi connectivity index (χ3v) is 5.76. The van der Waals surface area contributed by atoms with Crippen molar-refractivity contribution in [3.05, 3.63) is 23.9 Å². The van der Waals surface area contributed by atoms with Crippen LogP contribution in [0.2, 0.25) is 0 Å². The zero-order chi connectivity index (χ0) is 16.7. The van der Waals surface area contributed by atoms with Gasteiger partial charge >= 0.3 is 0 Å². The van der Waals surface area contributed by atoms with E-state index in [2.05, 4.69) is 34.4 Å². The molecule has 4 heterocycles. The highest BCUT2D eigenvalue weighted by Gasteiger charge is 2.47. The molecule has 4 rings (SSSR count). The molecule has 3 aliphatic heterocycles. The third-order valence-electron chi connectivity index (χ3n) is 5.76. The number of nitrogens with zero attached hydrogens (tertiary/aromatic N) is 4. The van der Waals surface area contributed by atoms with E-state index in [1.807, 2.05) is 17.2 Å². The summed E-state index contributed by atoms with van der Waals surface area (Å²) in [7, 11) is 0. The second kappa shape index (κ2) is 5.97. The molecule has 6 heteroatoms. The highest BCUT2D eigenvalue weighted by molar-refractivity contribution is 5.80. The van der Waals surface area contributed by atoms with Gasteiger partial charge in [0, 0.05) is 25.3 Å². The van der Waals surface area contributed by atoms with Gasteiger partial charge in [-0.3, -0.25) is 4.79 Å². The lowest BCUT2D eigenvalue weighted by Crippen LogP contribution is -2.46. The number of anilines is 1. The Bertz CT molecular complexity index is 684. The molecular formula is C18H23N5O. The van der Waals surface area contributed by atoms with Crippen LogP contribution in [0.5, 0.6) is 0 Å². The van der Waals surface area contributed by atoms with Crippen LogP contribution in [0.25, 0.3) is 0 Å². The lowest BCUT2D eigenvalue weighted by atomic mass is 9.95. The van der Waals surface area contributed by atoms with Gasteiger partial charge in [0.2, 0.25) is 5.91 Å². The van der Waals surface area contributed by atoms with E-state index in [9.17, 15) is 10.1 Å². The van der Waals surface area contributed by atoms with E-state index in [4.69, 9.17) is 0 Å². The van der Waals surface area contributed by atoms with E-state index in [0.29, 0.717) is 6.04 Å². The van der Waals surface area contributed by atoms with Crippen LogP contribution in [0, 0.1) is 24.3 Å². The Hall–Kier alpha value is -2.29. The lowest BCUT2D eigenvalue weighted by molar-refractivity contribution is -0.125. The Morgan fingerprint density at radius 2 is 2.29 bits per heavy atom. The van der Waals surface area contributed by atoms with Gasteiger partial charge in [-0.25, -0.2) is 4.98 Å². The molecule has 3 aliphatic rings. The minimum atomic E-state index is 0.0157. The molecule has 3 saturated heterocycles. The van der Waals surface area contributed by atoms with Gasteiger partial charge < -0.3 is 15.1 Å². The molecule has 3 fully saturated rings. The maximum atomic E-state index is 12.7. The number of hydrogen-bond donors (Lipinski definition) is 1. The molecule has 0 unspecified atom stereocenters. The third kappa shape index (κ3) is 2.58. The van der Waals surface area contributed by atoms with E-state index >= 15 is 0 Å². The number of carbonyl (C=O) groups excluding carboxylic acids is 1. The summed E-state index contributed by atoms with van der Waals surface area (Å²) < 4.78 is 0. The SMILES string of the molecule is Cc1ccnc(N2CC[C@H](C(=O)N[C@@H]3C[C@@H]4CC[C@H]3N4C#N)C2)c1. The normalized spacial score (nSPS) is 31.3. The highest BCUT2D eigenvalue weighted by atomic mass is 16.2. The number of nitrogens with one attached hydrogen (secondary N) is 1. The van der Waals surface area contributed by atoms with Crippen LogP contribution < -0.4 is 10.2 Å². The number of carbonyl (C=O) groups is 1. The largest absolute Gasteiger partial charge is 0.356 e. The van der Waals surface area contributed by atoms with Crippen LogP contribution in [0.3, 0.4) is 0 Å². The first-order chi connectivity index (χ1) is 11.7. The van der Waals surface area contributed by atoms with Gasteiger partial charge in [0.05, 0.1) is 18.0 Å². The minimum Gasteiger partial charge on any atom is -0.356 e. The van der Waals surface area contributed by atoms with Crippen molar-refractivity contribution in [2.24, 2.45) is 5.92 Å². The summed E-state index contributed by atoms with van der Waals surface area (Å²) in [6.45, 7) is 3.65. The van der Waals surface area contributed by atoms with Crippen molar-refractivity contribution in [2.45, 2.75) is 50.7 Å². The molecule has 0 aromatic carbocycles. The number of nitriles is 1. The van der Waals surface area contributed by atoms with Gasteiger partial charge in [0.15, 0.2) is 6.19 Å². The number of amides is 1. The molecule has 1 aromatic rings. The van der Waals surface area contributed by atoms with Crippen LogP contribution in [-0.4, -0.2) is 47.0 Å². The van der Waals surface area contributed by atoms with Crippen LogP contribution in [0.15, 0.2) is 18.3 Å². The fourth-order valence-electron chi connectivity index (χ4n) is 4.48. The van der Waals surface area contributed by atoms with Gasteiger partial charge in [0.1, 0.15) is 5.82 Å². The summed E-state index contributed by atoms with van der Waals surface area (Å²) in [5.74, 6) is 1.11. The fourth-order valence-corrected chi connectivity index (χ4v) is 4.48. The first-order valence-corrected chi connectivity index (χ1v) is 8.82. The standard InChI is InChI=1S/C18H23N5O/c1-12-4-6-20-17(8-12)22-7-5-13(10-22)18(24)21-15-9-14-2-3-16(15)23(14)11-19/h4,6,8,13-16H,2-3,5,7,9-10H2,1H3,(H,21,24)/t13-,14-,15+,16+/m0/s1. The summed E-state index contributed by atoms with van der Waals surface area (Å²) in [6, 6.07) is 4.74. The van der Waals surface area contributed by atoms with Crippen molar-refractivity contribution in [3.63, 3.8) is 0 Å². The summed E-state index contributed by atoms with van der Waals surface area (Å²) >= 11 is 0.